The normalized spacial score (nSPS) is 11.6. The molecule has 0 saturated heterocycles. The maximum atomic E-state index is 12.2. The van der Waals surface area contributed by atoms with Crippen LogP contribution in [0.25, 0.3) is 10.9 Å². The minimum Gasteiger partial charge on any atom is -0.493 e. The minimum absolute atomic E-state index is 0.109. The van der Waals surface area contributed by atoms with E-state index in [0.29, 0.717) is 5.75 Å². The van der Waals surface area contributed by atoms with Crippen molar-refractivity contribution in [2.45, 2.75) is 40.5 Å². The van der Waals surface area contributed by atoms with E-state index in [1.54, 1.807) is 0 Å². The number of carbonyl (C=O) groups excluding carboxylic acids is 1. The summed E-state index contributed by atoms with van der Waals surface area (Å²) in [5.41, 5.74) is 5.16. The fourth-order valence-corrected chi connectivity index (χ4v) is 3.24. The number of benzene rings is 2. The second-order valence-corrected chi connectivity index (χ2v) is 7.40. The molecule has 3 rings (SSSR count). The summed E-state index contributed by atoms with van der Waals surface area (Å²) in [5, 5.41) is 18.6. The van der Waals surface area contributed by atoms with Crippen LogP contribution in [-0.4, -0.2) is 22.6 Å². The van der Waals surface area contributed by atoms with E-state index in [1.165, 1.54) is 0 Å². The van der Waals surface area contributed by atoms with Crippen LogP contribution >= 0.6 is 0 Å². The number of ether oxygens (including phenoxy) is 1. The van der Waals surface area contributed by atoms with Gasteiger partial charge in [0.2, 0.25) is 5.88 Å². The number of nitrogens with one attached hydrogen (secondary N) is 1. The summed E-state index contributed by atoms with van der Waals surface area (Å²) in [4.78, 5) is 15.1. The topological polar surface area (TPSA) is 87.0 Å². The smallest absolute Gasteiger partial charge is 0.302 e. The lowest BCUT2D eigenvalue weighted by molar-refractivity contribution is -0.120. The Bertz CT molecular complexity index is 1060. The second-order valence-electron chi connectivity index (χ2n) is 7.40. The van der Waals surface area contributed by atoms with E-state index in [9.17, 15) is 9.90 Å². The first-order chi connectivity index (χ1) is 13.3. The molecule has 6 nitrogen and oxygen atoms in total. The molecule has 0 atom stereocenters. The Labute approximate surface area is 164 Å². The molecule has 0 fully saturated rings. The van der Waals surface area contributed by atoms with Crippen LogP contribution < -0.4 is 4.74 Å². The molecule has 0 bridgehead atoms. The Morgan fingerprint density at radius 2 is 1.89 bits per heavy atom. The van der Waals surface area contributed by atoms with Crippen molar-refractivity contribution in [2.75, 3.05) is 6.61 Å². The largest absolute Gasteiger partial charge is 0.493 e. The first-order valence-corrected chi connectivity index (χ1v) is 9.26. The van der Waals surface area contributed by atoms with Crippen molar-refractivity contribution in [1.82, 2.24) is 4.98 Å². The fraction of sp³-hybridized carbons (Fsp3) is 0.318. The lowest BCUT2D eigenvalue weighted by atomic mass is 10.0. The third kappa shape index (κ3) is 4.06. The van der Waals surface area contributed by atoms with Gasteiger partial charge in [0.25, 0.3) is 0 Å². The van der Waals surface area contributed by atoms with Crippen LogP contribution in [0.5, 0.6) is 11.6 Å². The molecule has 2 aromatic carbocycles. The van der Waals surface area contributed by atoms with E-state index in [0.717, 1.165) is 33.2 Å². The van der Waals surface area contributed by atoms with E-state index in [-0.39, 0.29) is 24.1 Å². The number of nitrogens with zero attached hydrogens (tertiary/aromatic N) is 2. The predicted octanol–water partition coefficient (Wildman–Crippen LogP) is 5.61. The fourth-order valence-electron chi connectivity index (χ4n) is 3.24. The molecule has 0 aliphatic rings. The number of carbonyl (C=O) groups is 1. The van der Waals surface area contributed by atoms with Gasteiger partial charge in [-0.05, 0) is 55.5 Å². The average molecular weight is 379 g/mol. The third-order valence-corrected chi connectivity index (χ3v) is 4.61. The van der Waals surface area contributed by atoms with Crippen molar-refractivity contribution in [2.24, 2.45) is 10.2 Å². The number of aromatic amines is 1. The van der Waals surface area contributed by atoms with Gasteiger partial charge in [-0.2, -0.15) is 0 Å². The predicted molar refractivity (Wildman–Crippen MR) is 110 cm³/mol. The van der Waals surface area contributed by atoms with E-state index in [2.05, 4.69) is 29.1 Å². The van der Waals surface area contributed by atoms with Gasteiger partial charge in [-0.1, -0.05) is 37.6 Å². The molecule has 3 aromatic rings. The van der Waals surface area contributed by atoms with Crippen LogP contribution in [0.2, 0.25) is 0 Å². The Hall–Kier alpha value is -3.15. The quantitative estimate of drug-likeness (QED) is 0.565. The first-order valence-electron chi connectivity index (χ1n) is 9.26. The molecule has 0 radical (unpaired) electrons. The second kappa shape index (κ2) is 7.84. The molecule has 6 heteroatoms. The molecule has 0 unspecified atom stereocenters. The maximum absolute atomic E-state index is 12.2. The van der Waals surface area contributed by atoms with Crippen molar-refractivity contribution in [3.05, 3.63) is 52.6 Å². The van der Waals surface area contributed by atoms with Gasteiger partial charge in [0, 0.05) is 5.39 Å². The molecule has 0 aliphatic heterocycles. The SMILES string of the molecule is Cc1ccc(C(C)C)c(OCC(=O)N=Nc2c(O)[nH]c3c(C)cc(C)cc23)c1. The van der Waals surface area contributed by atoms with Gasteiger partial charge in [-0.3, -0.25) is 4.79 Å². The summed E-state index contributed by atoms with van der Waals surface area (Å²) in [6.07, 6.45) is 0. The van der Waals surface area contributed by atoms with Crippen molar-refractivity contribution in [1.29, 1.82) is 0 Å². The van der Waals surface area contributed by atoms with E-state index >= 15 is 0 Å². The molecule has 0 spiro atoms. The summed E-state index contributed by atoms with van der Waals surface area (Å²) in [5.74, 6) is 0.331. The zero-order valence-electron chi connectivity index (χ0n) is 16.8. The standard InChI is InChI=1S/C22H25N3O3/c1-12(2)16-7-6-13(3)10-18(16)28-11-19(26)24-25-21-17-9-14(4)8-15(5)20(17)23-22(21)27/h6-10,12,23,27H,11H2,1-5H3. The molecular formula is C22H25N3O3. The van der Waals surface area contributed by atoms with Gasteiger partial charge < -0.3 is 14.8 Å². The lowest BCUT2D eigenvalue weighted by Gasteiger charge is -2.13. The molecular weight excluding hydrogens is 354 g/mol. The minimum atomic E-state index is -0.519. The lowest BCUT2D eigenvalue weighted by Crippen LogP contribution is -2.09. The highest BCUT2D eigenvalue weighted by atomic mass is 16.5. The molecule has 0 aliphatic carbocycles. The van der Waals surface area contributed by atoms with Crippen LogP contribution in [0, 0.1) is 20.8 Å². The highest BCUT2D eigenvalue weighted by Crippen LogP contribution is 2.37. The van der Waals surface area contributed by atoms with Crippen LogP contribution in [0.1, 0.15) is 42.0 Å². The Kier molecular flexibility index (Phi) is 5.49. The number of amides is 1. The van der Waals surface area contributed by atoms with Crippen LogP contribution in [0.15, 0.2) is 40.6 Å². The number of aromatic hydroxyl groups is 1. The summed E-state index contributed by atoms with van der Waals surface area (Å²) < 4.78 is 5.69. The molecule has 0 saturated carbocycles. The van der Waals surface area contributed by atoms with Gasteiger partial charge in [0.05, 0.1) is 5.52 Å². The molecule has 2 N–H and O–H groups in total. The maximum Gasteiger partial charge on any atom is 0.302 e. The van der Waals surface area contributed by atoms with Crippen molar-refractivity contribution < 1.29 is 14.6 Å². The Morgan fingerprint density at radius 3 is 2.61 bits per heavy atom. The summed E-state index contributed by atoms with van der Waals surface area (Å²) in [6.45, 7) is 9.81. The summed E-state index contributed by atoms with van der Waals surface area (Å²) in [7, 11) is 0. The number of hydrogen-bond acceptors (Lipinski definition) is 4. The van der Waals surface area contributed by atoms with E-state index < -0.39 is 5.91 Å². The van der Waals surface area contributed by atoms with E-state index in [1.807, 2.05) is 51.1 Å². The van der Waals surface area contributed by atoms with Gasteiger partial charge in [0.15, 0.2) is 12.3 Å². The molecule has 1 amide bonds. The molecule has 146 valence electrons. The Balaban J connectivity index is 1.78. The number of azo groups is 1. The zero-order valence-corrected chi connectivity index (χ0v) is 16.8. The van der Waals surface area contributed by atoms with Gasteiger partial charge in [-0.25, -0.2) is 0 Å². The highest BCUT2D eigenvalue weighted by molar-refractivity contribution is 5.96. The highest BCUT2D eigenvalue weighted by Gasteiger charge is 2.14. The molecule has 1 heterocycles. The molecule has 1 aromatic heterocycles. The number of aromatic nitrogens is 1. The zero-order chi connectivity index (χ0) is 20.4. The molecule has 28 heavy (non-hydrogen) atoms. The first kappa shape index (κ1) is 19.6. The monoisotopic (exact) mass is 379 g/mol. The van der Waals surface area contributed by atoms with Gasteiger partial charge in [0.1, 0.15) is 5.75 Å². The van der Waals surface area contributed by atoms with E-state index in [4.69, 9.17) is 4.74 Å². The van der Waals surface area contributed by atoms with Crippen molar-refractivity contribution >= 4 is 22.5 Å². The van der Waals surface area contributed by atoms with Crippen molar-refractivity contribution in [3.8, 4) is 11.6 Å². The van der Waals surface area contributed by atoms with Crippen LogP contribution in [0.3, 0.4) is 0 Å². The average Bonchev–Trinajstić information content (AvgIpc) is 2.93. The number of H-pyrrole nitrogens is 1. The van der Waals surface area contributed by atoms with Crippen LogP contribution in [0.4, 0.5) is 5.69 Å². The third-order valence-electron chi connectivity index (χ3n) is 4.61. The van der Waals surface area contributed by atoms with Gasteiger partial charge >= 0.3 is 5.91 Å². The summed E-state index contributed by atoms with van der Waals surface area (Å²) >= 11 is 0. The van der Waals surface area contributed by atoms with Gasteiger partial charge in [-0.15, -0.1) is 10.2 Å². The number of aryl methyl sites for hydroxylation is 3. The number of hydrogen-bond donors (Lipinski definition) is 2. The van der Waals surface area contributed by atoms with Crippen molar-refractivity contribution in [3.63, 3.8) is 0 Å². The Morgan fingerprint density at radius 1 is 1.14 bits per heavy atom. The summed E-state index contributed by atoms with van der Waals surface area (Å²) in [6, 6.07) is 9.85. The number of fused-ring (bicyclic) bond motifs is 1. The van der Waals surface area contributed by atoms with Crippen LogP contribution in [-0.2, 0) is 4.79 Å². The number of rotatable bonds is 5.